The van der Waals surface area contributed by atoms with Gasteiger partial charge in [0.05, 0.1) is 5.56 Å². The zero-order valence-electron chi connectivity index (χ0n) is 16.8. The van der Waals surface area contributed by atoms with Crippen LogP contribution in [0.15, 0.2) is 23.1 Å². The van der Waals surface area contributed by atoms with Crippen molar-refractivity contribution in [1.29, 1.82) is 5.26 Å². The molecule has 1 unspecified atom stereocenters. The van der Waals surface area contributed by atoms with Crippen LogP contribution in [0.2, 0.25) is 0 Å². The van der Waals surface area contributed by atoms with E-state index in [2.05, 4.69) is 14.8 Å². The number of halogens is 4. The topological polar surface area (TPSA) is 79.1 Å². The summed E-state index contributed by atoms with van der Waals surface area (Å²) in [6.07, 6.45) is -3.60. The first-order valence-corrected chi connectivity index (χ1v) is 10.3. The number of nitrogens with zero attached hydrogens (tertiary/aromatic N) is 2. The van der Waals surface area contributed by atoms with Crippen molar-refractivity contribution in [3.63, 3.8) is 0 Å². The maximum atomic E-state index is 13.5. The largest absolute Gasteiger partial charge is 0.524 e. The maximum absolute atomic E-state index is 13.5. The van der Waals surface area contributed by atoms with E-state index in [-0.39, 0.29) is 11.3 Å². The fourth-order valence-electron chi connectivity index (χ4n) is 3.52. The van der Waals surface area contributed by atoms with Gasteiger partial charge < -0.3 is 9.88 Å². The van der Waals surface area contributed by atoms with E-state index in [0.717, 1.165) is 36.5 Å². The van der Waals surface area contributed by atoms with Crippen molar-refractivity contribution >= 4 is 23.5 Å². The van der Waals surface area contributed by atoms with Crippen LogP contribution in [0.4, 0.5) is 23.2 Å². The monoisotopic (exact) mass is 456 g/mol. The Morgan fingerprint density at radius 2 is 2.10 bits per heavy atom. The molecular formula is C20H20F4N4O2S. The summed E-state index contributed by atoms with van der Waals surface area (Å²) in [6, 6.07) is 5.43. The number of nitrogens with one attached hydrogen (secondary N) is 2. The number of alkyl halides is 3. The van der Waals surface area contributed by atoms with Gasteiger partial charge in [-0.25, -0.2) is 9.11 Å². The predicted molar refractivity (Wildman–Crippen MR) is 107 cm³/mol. The molecule has 31 heavy (non-hydrogen) atoms. The van der Waals surface area contributed by atoms with E-state index >= 15 is 0 Å². The zero-order valence-corrected chi connectivity index (χ0v) is 17.6. The zero-order chi connectivity index (χ0) is 22.8. The number of carbonyl (C=O) groups is 1. The third-order valence-corrected chi connectivity index (χ3v) is 5.99. The number of hydrogen-bond donors (Lipinski definition) is 2. The van der Waals surface area contributed by atoms with Gasteiger partial charge >= 0.3 is 6.36 Å². The number of ether oxygens (including phenoxy) is 1. The molecule has 0 radical (unpaired) electrons. The van der Waals surface area contributed by atoms with E-state index in [0.29, 0.717) is 29.1 Å². The van der Waals surface area contributed by atoms with Crippen LogP contribution in [0.1, 0.15) is 47.1 Å². The first kappa shape index (κ1) is 23.1. The average Bonchev–Trinajstić information content (AvgIpc) is 2.97. The molecule has 0 spiro atoms. The molecular weight excluding hydrogens is 436 g/mol. The minimum absolute atomic E-state index is 0.189. The van der Waals surface area contributed by atoms with Crippen LogP contribution in [0.25, 0.3) is 0 Å². The van der Waals surface area contributed by atoms with Gasteiger partial charge in [-0.05, 0) is 68.8 Å². The molecule has 1 aliphatic rings. The smallest absolute Gasteiger partial charge is 0.339 e. The Morgan fingerprint density at radius 1 is 1.35 bits per heavy atom. The SMILES string of the molecule is Cc1c(SNC(C)OC(F)(F)F)c2n(c1C(=O)Nc1ccc(F)c(C#N)c1)CCCC2. The summed E-state index contributed by atoms with van der Waals surface area (Å²) in [4.78, 5) is 13.7. The molecule has 1 aromatic heterocycles. The summed E-state index contributed by atoms with van der Waals surface area (Å²) in [5.74, 6) is -1.13. The predicted octanol–water partition coefficient (Wildman–Crippen LogP) is 4.88. The summed E-state index contributed by atoms with van der Waals surface area (Å²) < 4.78 is 59.2. The lowest BCUT2D eigenvalue weighted by molar-refractivity contribution is -0.341. The fraction of sp³-hybridized carbons (Fsp3) is 0.400. The highest BCUT2D eigenvalue weighted by Gasteiger charge is 2.33. The third-order valence-electron chi connectivity index (χ3n) is 4.80. The second-order valence-corrected chi connectivity index (χ2v) is 7.89. The highest BCUT2D eigenvalue weighted by Crippen LogP contribution is 2.35. The van der Waals surface area contributed by atoms with Crippen LogP contribution in [0.3, 0.4) is 0 Å². The minimum atomic E-state index is -4.76. The van der Waals surface area contributed by atoms with Gasteiger partial charge in [-0.15, -0.1) is 13.2 Å². The van der Waals surface area contributed by atoms with Gasteiger partial charge in [0.25, 0.3) is 5.91 Å². The number of benzene rings is 1. The lowest BCUT2D eigenvalue weighted by Crippen LogP contribution is -2.30. The molecule has 0 fully saturated rings. The van der Waals surface area contributed by atoms with Gasteiger partial charge in [0, 0.05) is 22.8 Å². The van der Waals surface area contributed by atoms with Crippen molar-refractivity contribution < 1.29 is 27.1 Å². The minimum Gasteiger partial charge on any atom is -0.339 e. The van der Waals surface area contributed by atoms with Gasteiger partial charge in [0.15, 0.2) is 0 Å². The first-order valence-electron chi connectivity index (χ1n) is 9.50. The number of aromatic nitrogens is 1. The summed E-state index contributed by atoms with van der Waals surface area (Å²) in [7, 11) is 0. The van der Waals surface area contributed by atoms with E-state index < -0.39 is 24.3 Å². The molecule has 2 heterocycles. The average molecular weight is 456 g/mol. The summed E-state index contributed by atoms with van der Waals surface area (Å²) in [6.45, 7) is 3.57. The number of amides is 1. The van der Waals surface area contributed by atoms with Crippen LogP contribution in [0, 0.1) is 24.1 Å². The molecule has 1 atom stereocenters. The molecule has 1 amide bonds. The fourth-order valence-corrected chi connectivity index (χ4v) is 4.43. The maximum Gasteiger partial charge on any atom is 0.524 e. The quantitative estimate of drug-likeness (QED) is 0.368. The van der Waals surface area contributed by atoms with E-state index in [1.165, 1.54) is 19.1 Å². The van der Waals surface area contributed by atoms with E-state index in [1.54, 1.807) is 13.0 Å². The molecule has 2 aromatic rings. The molecule has 0 saturated carbocycles. The number of fused-ring (bicyclic) bond motifs is 1. The molecule has 6 nitrogen and oxygen atoms in total. The van der Waals surface area contributed by atoms with E-state index in [4.69, 9.17) is 5.26 Å². The Morgan fingerprint density at radius 3 is 2.77 bits per heavy atom. The number of rotatable bonds is 6. The Labute approximate surface area is 180 Å². The lowest BCUT2D eigenvalue weighted by Gasteiger charge is -2.19. The summed E-state index contributed by atoms with van der Waals surface area (Å²) in [5.41, 5.74) is 1.95. The van der Waals surface area contributed by atoms with Crippen molar-refractivity contribution in [1.82, 2.24) is 9.29 Å². The van der Waals surface area contributed by atoms with E-state index in [9.17, 15) is 22.4 Å². The molecule has 0 aliphatic carbocycles. The Balaban J connectivity index is 1.85. The van der Waals surface area contributed by atoms with E-state index in [1.807, 2.05) is 4.57 Å². The normalized spacial score (nSPS) is 14.6. The third kappa shape index (κ3) is 5.39. The highest BCUT2D eigenvalue weighted by molar-refractivity contribution is 7.97. The van der Waals surface area contributed by atoms with Gasteiger partial charge in [-0.2, -0.15) is 5.26 Å². The number of nitriles is 1. The molecule has 3 rings (SSSR count). The van der Waals surface area contributed by atoms with Crippen molar-refractivity contribution in [3.8, 4) is 6.07 Å². The van der Waals surface area contributed by atoms with Crippen LogP contribution in [-0.2, 0) is 17.7 Å². The van der Waals surface area contributed by atoms with Crippen molar-refractivity contribution in [3.05, 3.63) is 46.5 Å². The standard InChI is InChI=1S/C20H20F4N4O2S/c1-11-17(19(29)26-14-6-7-15(21)13(9-14)10-25)28-8-4-3-5-16(28)18(11)31-27-12(2)30-20(22,23)24/h6-7,9,12,27H,3-5,8H2,1-2H3,(H,26,29). The van der Waals surface area contributed by atoms with Crippen molar-refractivity contribution in [2.24, 2.45) is 0 Å². The summed E-state index contributed by atoms with van der Waals surface area (Å²) >= 11 is 0.995. The first-order chi connectivity index (χ1) is 14.6. The lowest BCUT2D eigenvalue weighted by atomic mass is 10.1. The van der Waals surface area contributed by atoms with Crippen molar-refractivity contribution in [2.45, 2.75) is 57.1 Å². The van der Waals surface area contributed by atoms with Gasteiger partial charge in [-0.3, -0.25) is 9.53 Å². The highest BCUT2D eigenvalue weighted by atomic mass is 32.2. The number of carbonyl (C=O) groups excluding carboxylic acids is 1. The van der Waals surface area contributed by atoms with Crippen LogP contribution < -0.4 is 10.0 Å². The molecule has 166 valence electrons. The Hall–Kier alpha value is -2.55. The Kier molecular flexibility index (Phi) is 6.93. The van der Waals surface area contributed by atoms with Crippen LogP contribution in [0.5, 0.6) is 0 Å². The van der Waals surface area contributed by atoms with Crippen LogP contribution in [-0.4, -0.2) is 23.1 Å². The molecule has 0 bridgehead atoms. The molecule has 0 saturated heterocycles. The molecule has 2 N–H and O–H groups in total. The van der Waals surface area contributed by atoms with Gasteiger partial charge in [0.1, 0.15) is 23.8 Å². The number of anilines is 1. The Bertz CT molecular complexity index is 1030. The molecule has 1 aromatic carbocycles. The van der Waals surface area contributed by atoms with Crippen molar-refractivity contribution in [2.75, 3.05) is 5.32 Å². The second kappa shape index (κ2) is 9.30. The second-order valence-electron chi connectivity index (χ2n) is 7.04. The van der Waals surface area contributed by atoms with Gasteiger partial charge in [0.2, 0.25) is 0 Å². The number of hydrogen-bond acceptors (Lipinski definition) is 5. The van der Waals surface area contributed by atoms with Crippen LogP contribution >= 0.6 is 11.9 Å². The summed E-state index contributed by atoms with van der Waals surface area (Å²) in [5, 5.41) is 11.7. The molecule has 1 aliphatic heterocycles. The molecule has 11 heteroatoms. The van der Waals surface area contributed by atoms with Gasteiger partial charge in [-0.1, -0.05) is 0 Å².